The molecule has 2 saturated carbocycles. The number of alkyl carbamates (subject to hydrolysis) is 1. The summed E-state index contributed by atoms with van der Waals surface area (Å²) in [5.41, 5.74) is 1.72. The van der Waals surface area contributed by atoms with Gasteiger partial charge in [0.15, 0.2) is 5.82 Å². The first kappa shape index (κ1) is 30.8. The maximum atomic E-state index is 14.5. The van der Waals surface area contributed by atoms with Gasteiger partial charge in [-0.05, 0) is 56.2 Å². The van der Waals surface area contributed by atoms with Gasteiger partial charge in [0.1, 0.15) is 41.3 Å². The monoisotopic (exact) mass is 616 g/mol. The molecule has 45 heavy (non-hydrogen) atoms. The second kappa shape index (κ2) is 11.6. The van der Waals surface area contributed by atoms with Crippen LogP contribution in [0.15, 0.2) is 54.7 Å². The Morgan fingerprint density at radius 1 is 0.978 bits per heavy atom. The van der Waals surface area contributed by atoms with E-state index in [-0.39, 0.29) is 35.3 Å². The fraction of sp³-hybridized carbons (Fsp3) is 0.486. The first-order valence-electron chi connectivity index (χ1n) is 15.6. The van der Waals surface area contributed by atoms with Crippen molar-refractivity contribution in [2.75, 3.05) is 18.0 Å². The third-order valence-electron chi connectivity index (χ3n) is 8.93. The molecular weight excluding hydrogens is 575 g/mol. The summed E-state index contributed by atoms with van der Waals surface area (Å²) in [6, 6.07) is 16.0. The number of nitrogens with one attached hydrogen (secondary N) is 1. The van der Waals surface area contributed by atoms with E-state index >= 15 is 0 Å². The molecule has 1 amide bonds. The highest BCUT2D eigenvalue weighted by Gasteiger charge is 2.52. The Kier molecular flexibility index (Phi) is 7.95. The van der Waals surface area contributed by atoms with E-state index < -0.39 is 17.5 Å². The summed E-state index contributed by atoms with van der Waals surface area (Å²) >= 11 is 0. The zero-order chi connectivity index (χ0) is 32.0. The molecule has 1 spiro atoms. The zero-order valence-corrected chi connectivity index (χ0v) is 26.6. The lowest BCUT2D eigenvalue weighted by molar-refractivity contribution is -0.134. The van der Waals surface area contributed by atoms with Gasteiger partial charge in [0.05, 0.1) is 6.20 Å². The molecule has 1 aliphatic heterocycles. The predicted molar refractivity (Wildman–Crippen MR) is 167 cm³/mol. The fourth-order valence-electron chi connectivity index (χ4n) is 6.24. The van der Waals surface area contributed by atoms with Crippen LogP contribution in [0.4, 0.5) is 15.1 Å². The van der Waals surface area contributed by atoms with Crippen molar-refractivity contribution < 1.29 is 28.2 Å². The smallest absolute Gasteiger partial charge is 0.407 e. The number of hydrogen-bond acceptors (Lipinski definition) is 8. The number of halogens is 1. The second-order valence-electron chi connectivity index (χ2n) is 14.2. The zero-order valence-electron chi connectivity index (χ0n) is 26.6. The summed E-state index contributed by atoms with van der Waals surface area (Å²) in [7, 11) is 0. The standard InChI is InChI=1S/C35H41FN4O5/c1-33(2,3)45-32(42)38-24-14-28(15-24)44-27-12-8-23(9-13-27)34(4,5)22-6-10-26(11-7-22)43-19-30-29(36)18-37-31(39-30)40-20-35(21-40)16-25(41)17-35/h6-13,18,24,28H,14-17,19-21H2,1-5H3,(H,38,42). The predicted octanol–water partition coefficient (Wildman–Crippen LogP) is 6.12. The number of hydrogen-bond donors (Lipinski definition) is 1. The van der Waals surface area contributed by atoms with Crippen LogP contribution >= 0.6 is 0 Å². The Morgan fingerprint density at radius 3 is 2.16 bits per heavy atom. The van der Waals surface area contributed by atoms with E-state index in [9.17, 15) is 14.0 Å². The summed E-state index contributed by atoms with van der Waals surface area (Å²) in [6.07, 6.45) is 3.57. The van der Waals surface area contributed by atoms with E-state index in [1.54, 1.807) is 0 Å². The summed E-state index contributed by atoms with van der Waals surface area (Å²) in [5, 5.41) is 2.89. The number of anilines is 1. The van der Waals surface area contributed by atoms with Crippen LogP contribution in [-0.4, -0.2) is 52.7 Å². The molecule has 1 aromatic heterocycles. The van der Waals surface area contributed by atoms with E-state index in [0.717, 1.165) is 42.8 Å². The van der Waals surface area contributed by atoms with Gasteiger partial charge in [0.2, 0.25) is 5.95 Å². The summed E-state index contributed by atoms with van der Waals surface area (Å²) in [5.74, 6) is 1.68. The number of aromatic nitrogens is 2. The van der Waals surface area contributed by atoms with Crippen LogP contribution in [0.5, 0.6) is 11.5 Å². The lowest BCUT2D eigenvalue weighted by atomic mass is 9.63. The lowest BCUT2D eigenvalue weighted by Gasteiger charge is -2.54. The van der Waals surface area contributed by atoms with Crippen molar-refractivity contribution in [2.45, 2.75) is 90.1 Å². The average molecular weight is 617 g/mol. The normalized spacial score (nSPS) is 20.5. The Balaban J connectivity index is 0.991. The minimum absolute atomic E-state index is 0.0121. The highest BCUT2D eigenvalue weighted by Crippen LogP contribution is 2.46. The minimum Gasteiger partial charge on any atom is -0.490 e. The van der Waals surface area contributed by atoms with Crippen molar-refractivity contribution in [1.29, 1.82) is 0 Å². The number of benzene rings is 2. The molecule has 2 heterocycles. The van der Waals surface area contributed by atoms with Gasteiger partial charge in [0, 0.05) is 55.6 Å². The van der Waals surface area contributed by atoms with Crippen LogP contribution in [0, 0.1) is 11.2 Å². The van der Waals surface area contributed by atoms with Gasteiger partial charge < -0.3 is 24.4 Å². The van der Waals surface area contributed by atoms with Gasteiger partial charge in [-0.1, -0.05) is 38.1 Å². The van der Waals surface area contributed by atoms with Gasteiger partial charge in [0.25, 0.3) is 0 Å². The molecule has 0 bridgehead atoms. The van der Waals surface area contributed by atoms with E-state index in [0.29, 0.717) is 30.3 Å². The quantitative estimate of drug-likeness (QED) is 0.307. The van der Waals surface area contributed by atoms with Crippen molar-refractivity contribution >= 4 is 17.8 Å². The molecule has 0 radical (unpaired) electrons. The van der Waals surface area contributed by atoms with Crippen molar-refractivity contribution in [3.63, 3.8) is 0 Å². The van der Waals surface area contributed by atoms with Crippen LogP contribution in [0.3, 0.4) is 0 Å². The molecule has 2 aliphatic carbocycles. The van der Waals surface area contributed by atoms with Gasteiger partial charge in [-0.2, -0.15) is 0 Å². The molecule has 10 heteroatoms. The molecule has 1 N–H and O–H groups in total. The molecule has 3 aliphatic rings. The third kappa shape index (κ3) is 6.89. The molecule has 3 aromatic rings. The number of rotatable bonds is 9. The van der Waals surface area contributed by atoms with Crippen LogP contribution in [0.25, 0.3) is 0 Å². The van der Waals surface area contributed by atoms with Crippen LogP contribution in [0.2, 0.25) is 0 Å². The minimum atomic E-state index is -0.516. The number of nitrogens with zero attached hydrogens (tertiary/aromatic N) is 3. The van der Waals surface area contributed by atoms with E-state index in [4.69, 9.17) is 14.2 Å². The summed E-state index contributed by atoms with van der Waals surface area (Å²) in [4.78, 5) is 33.9. The Labute approximate surface area is 263 Å². The Hall–Kier alpha value is -4.21. The Bertz CT molecular complexity index is 1550. The number of ether oxygens (including phenoxy) is 3. The van der Waals surface area contributed by atoms with Crippen LogP contribution in [0.1, 0.15) is 77.1 Å². The lowest BCUT2D eigenvalue weighted by Crippen LogP contribution is -2.63. The molecule has 0 unspecified atom stereocenters. The average Bonchev–Trinajstić information content (AvgIpc) is 2.92. The molecule has 2 aromatic carbocycles. The number of amides is 1. The van der Waals surface area contributed by atoms with E-state index in [1.807, 2.05) is 62.1 Å². The maximum absolute atomic E-state index is 14.5. The third-order valence-corrected chi connectivity index (χ3v) is 8.93. The number of carbonyl (C=O) groups excluding carboxylic acids is 2. The van der Waals surface area contributed by atoms with Gasteiger partial charge in [-0.25, -0.2) is 19.2 Å². The number of carbonyl (C=O) groups is 2. The van der Waals surface area contributed by atoms with Gasteiger partial charge >= 0.3 is 6.09 Å². The molecule has 238 valence electrons. The highest BCUT2D eigenvalue weighted by molar-refractivity contribution is 5.87. The Morgan fingerprint density at radius 2 is 1.58 bits per heavy atom. The van der Waals surface area contributed by atoms with Crippen molar-refractivity contribution in [3.05, 3.63) is 77.4 Å². The van der Waals surface area contributed by atoms with Crippen LogP contribution < -0.4 is 19.7 Å². The molecule has 0 atom stereocenters. The second-order valence-corrected chi connectivity index (χ2v) is 14.2. The molecule has 6 rings (SSSR count). The fourth-order valence-corrected chi connectivity index (χ4v) is 6.24. The number of Topliss-reactive ketones (excluding diaryl/α,β-unsaturated/α-hetero) is 1. The van der Waals surface area contributed by atoms with Gasteiger partial charge in [-0.3, -0.25) is 4.79 Å². The van der Waals surface area contributed by atoms with Crippen molar-refractivity contribution in [1.82, 2.24) is 15.3 Å². The largest absolute Gasteiger partial charge is 0.490 e. The molecular formula is C35H41FN4O5. The SMILES string of the molecule is CC(C)(C)OC(=O)NC1CC(Oc2ccc(C(C)(C)c3ccc(OCc4nc(N5CC6(CC(=O)C6)C5)ncc4F)cc3)cc2)C1. The number of ketones is 1. The van der Waals surface area contributed by atoms with Gasteiger partial charge in [-0.15, -0.1) is 0 Å². The van der Waals surface area contributed by atoms with E-state index in [2.05, 4.69) is 41.3 Å². The maximum Gasteiger partial charge on any atom is 0.407 e. The van der Waals surface area contributed by atoms with E-state index in [1.165, 1.54) is 6.20 Å². The highest BCUT2D eigenvalue weighted by atomic mass is 19.1. The first-order chi connectivity index (χ1) is 21.3. The molecule has 9 nitrogen and oxygen atoms in total. The molecule has 1 saturated heterocycles. The van der Waals surface area contributed by atoms with Crippen LogP contribution in [-0.2, 0) is 21.6 Å². The van der Waals surface area contributed by atoms with Crippen molar-refractivity contribution in [3.8, 4) is 11.5 Å². The first-order valence-corrected chi connectivity index (χ1v) is 15.6. The molecule has 3 fully saturated rings. The topological polar surface area (TPSA) is 103 Å². The van der Waals surface area contributed by atoms with Crippen molar-refractivity contribution in [2.24, 2.45) is 5.41 Å². The summed E-state index contributed by atoms with van der Waals surface area (Å²) < 4.78 is 31.8. The summed E-state index contributed by atoms with van der Waals surface area (Å²) in [6.45, 7) is 11.3.